The topological polar surface area (TPSA) is 15.3 Å². The Bertz CT molecular complexity index is 164. The molecule has 5 heteroatoms. The lowest BCUT2D eigenvalue weighted by molar-refractivity contribution is -0.147. The number of hydrogen-bond donors (Lipinski definition) is 1. The first kappa shape index (κ1) is 11.1. The molecule has 0 amide bonds. The molecule has 13 heavy (non-hydrogen) atoms. The summed E-state index contributed by atoms with van der Waals surface area (Å²) in [4.78, 5) is 1.88. The fourth-order valence-electron chi connectivity index (χ4n) is 1.95. The Morgan fingerprint density at radius 2 is 2.00 bits per heavy atom. The fourth-order valence-corrected chi connectivity index (χ4v) is 1.95. The van der Waals surface area contributed by atoms with Crippen LogP contribution in [0.25, 0.3) is 0 Å². The number of rotatable bonds is 1. The molecule has 1 unspecified atom stereocenters. The zero-order valence-electron chi connectivity index (χ0n) is 7.43. The van der Waals surface area contributed by atoms with Gasteiger partial charge in [0.15, 0.2) is 0 Å². The SMILES string of the molecule is Cl.FC1(F)CN(C2CCCNC2)C1. The maximum Gasteiger partial charge on any atom is 0.272 e. The molecule has 1 atom stereocenters. The van der Waals surface area contributed by atoms with Crippen molar-refractivity contribution in [2.24, 2.45) is 0 Å². The van der Waals surface area contributed by atoms with Crippen LogP contribution in [0.3, 0.4) is 0 Å². The first-order chi connectivity index (χ1) is 5.67. The first-order valence-corrected chi connectivity index (χ1v) is 4.50. The molecule has 2 nitrogen and oxygen atoms in total. The van der Waals surface area contributed by atoms with Crippen molar-refractivity contribution < 1.29 is 8.78 Å². The van der Waals surface area contributed by atoms with Gasteiger partial charge in [-0.2, -0.15) is 0 Å². The average Bonchev–Trinajstić information content (AvgIpc) is 2.02. The molecule has 0 aromatic heterocycles. The lowest BCUT2D eigenvalue weighted by Crippen LogP contribution is -2.62. The van der Waals surface area contributed by atoms with Gasteiger partial charge in [-0.15, -0.1) is 12.4 Å². The summed E-state index contributed by atoms with van der Waals surface area (Å²) in [6.45, 7) is 1.87. The molecule has 0 aromatic carbocycles. The average molecular weight is 213 g/mol. The van der Waals surface area contributed by atoms with Crippen molar-refractivity contribution in [2.45, 2.75) is 24.8 Å². The van der Waals surface area contributed by atoms with Crippen molar-refractivity contribution >= 4 is 12.4 Å². The molecule has 0 aliphatic carbocycles. The minimum Gasteiger partial charge on any atom is -0.315 e. The van der Waals surface area contributed by atoms with E-state index in [0.29, 0.717) is 6.04 Å². The van der Waals surface area contributed by atoms with Gasteiger partial charge in [-0.1, -0.05) is 0 Å². The van der Waals surface area contributed by atoms with Gasteiger partial charge in [-0.25, -0.2) is 8.78 Å². The van der Waals surface area contributed by atoms with E-state index < -0.39 is 5.92 Å². The largest absolute Gasteiger partial charge is 0.315 e. The van der Waals surface area contributed by atoms with Crippen LogP contribution in [-0.2, 0) is 0 Å². The van der Waals surface area contributed by atoms with Crippen molar-refractivity contribution in [3.63, 3.8) is 0 Å². The standard InChI is InChI=1S/C8H14F2N2.ClH/c9-8(10)5-12(6-8)7-2-1-3-11-4-7;/h7,11H,1-6H2;1H. The van der Waals surface area contributed by atoms with Gasteiger partial charge in [-0.05, 0) is 19.4 Å². The number of nitrogens with zero attached hydrogens (tertiary/aromatic N) is 1. The Morgan fingerprint density at radius 3 is 2.46 bits per heavy atom. The van der Waals surface area contributed by atoms with E-state index in [4.69, 9.17) is 0 Å². The highest BCUT2D eigenvalue weighted by atomic mass is 35.5. The molecule has 78 valence electrons. The van der Waals surface area contributed by atoms with Gasteiger partial charge >= 0.3 is 0 Å². The molecular formula is C8H15ClF2N2. The van der Waals surface area contributed by atoms with Gasteiger partial charge in [0.05, 0.1) is 13.1 Å². The number of halogens is 3. The van der Waals surface area contributed by atoms with E-state index in [2.05, 4.69) is 5.32 Å². The molecule has 2 aliphatic rings. The van der Waals surface area contributed by atoms with Gasteiger partial charge < -0.3 is 5.32 Å². The van der Waals surface area contributed by atoms with Crippen LogP contribution in [0.4, 0.5) is 8.78 Å². The number of alkyl halides is 2. The van der Waals surface area contributed by atoms with Crippen molar-refractivity contribution in [1.29, 1.82) is 0 Å². The molecule has 2 rings (SSSR count). The third-order valence-electron chi connectivity index (χ3n) is 2.66. The summed E-state index contributed by atoms with van der Waals surface area (Å²) in [5.41, 5.74) is 0. The highest BCUT2D eigenvalue weighted by molar-refractivity contribution is 5.85. The van der Waals surface area contributed by atoms with Crippen molar-refractivity contribution in [1.82, 2.24) is 10.2 Å². The van der Waals surface area contributed by atoms with E-state index in [1.165, 1.54) is 0 Å². The van der Waals surface area contributed by atoms with Crippen LogP contribution in [0.2, 0.25) is 0 Å². The maximum absolute atomic E-state index is 12.5. The van der Waals surface area contributed by atoms with Crippen LogP contribution in [0.15, 0.2) is 0 Å². The second-order valence-electron chi connectivity index (χ2n) is 3.76. The van der Waals surface area contributed by atoms with E-state index in [9.17, 15) is 8.78 Å². The third-order valence-corrected chi connectivity index (χ3v) is 2.66. The lowest BCUT2D eigenvalue weighted by atomic mass is 10.0. The molecule has 2 heterocycles. The molecule has 2 fully saturated rings. The van der Waals surface area contributed by atoms with Gasteiger partial charge in [0.25, 0.3) is 5.92 Å². The van der Waals surface area contributed by atoms with E-state index in [1.54, 1.807) is 0 Å². The maximum atomic E-state index is 12.5. The molecular weight excluding hydrogens is 198 g/mol. The van der Waals surface area contributed by atoms with Crippen LogP contribution in [0, 0.1) is 0 Å². The van der Waals surface area contributed by atoms with Crippen molar-refractivity contribution in [3.05, 3.63) is 0 Å². The minimum atomic E-state index is -2.41. The quantitative estimate of drug-likeness (QED) is 0.701. The lowest BCUT2D eigenvalue weighted by Gasteiger charge is -2.45. The predicted molar refractivity (Wildman–Crippen MR) is 49.7 cm³/mol. The van der Waals surface area contributed by atoms with E-state index in [1.807, 2.05) is 4.90 Å². The Kier molecular flexibility index (Phi) is 3.49. The van der Waals surface area contributed by atoms with Crippen LogP contribution >= 0.6 is 12.4 Å². The van der Waals surface area contributed by atoms with Crippen LogP contribution in [0.1, 0.15) is 12.8 Å². The highest BCUT2D eigenvalue weighted by Crippen LogP contribution is 2.29. The van der Waals surface area contributed by atoms with Crippen LogP contribution in [0.5, 0.6) is 0 Å². The Hall–Kier alpha value is 0.0700. The van der Waals surface area contributed by atoms with Crippen molar-refractivity contribution in [2.75, 3.05) is 26.2 Å². The second-order valence-corrected chi connectivity index (χ2v) is 3.76. The van der Waals surface area contributed by atoms with E-state index in [-0.39, 0.29) is 25.5 Å². The van der Waals surface area contributed by atoms with Gasteiger partial charge in [0, 0.05) is 12.6 Å². The summed E-state index contributed by atoms with van der Waals surface area (Å²) in [6.07, 6.45) is 2.19. The van der Waals surface area contributed by atoms with E-state index >= 15 is 0 Å². The smallest absolute Gasteiger partial charge is 0.272 e. The van der Waals surface area contributed by atoms with Gasteiger partial charge in [-0.3, -0.25) is 4.90 Å². The zero-order chi connectivity index (χ0) is 8.60. The van der Waals surface area contributed by atoms with Crippen LogP contribution < -0.4 is 5.32 Å². The number of likely N-dealkylation sites (tertiary alicyclic amines) is 1. The summed E-state index contributed by atoms with van der Waals surface area (Å²) < 4.78 is 25.0. The number of nitrogens with one attached hydrogen (secondary N) is 1. The highest BCUT2D eigenvalue weighted by Gasteiger charge is 2.46. The summed E-state index contributed by atoms with van der Waals surface area (Å²) in [5, 5.41) is 3.22. The first-order valence-electron chi connectivity index (χ1n) is 4.50. The number of piperidine rings is 1. The summed E-state index contributed by atoms with van der Waals surface area (Å²) in [6, 6.07) is 0.360. The fraction of sp³-hybridized carbons (Fsp3) is 1.00. The molecule has 1 N–H and O–H groups in total. The zero-order valence-corrected chi connectivity index (χ0v) is 8.25. The predicted octanol–water partition coefficient (Wildman–Crippen LogP) is 1.11. The van der Waals surface area contributed by atoms with Gasteiger partial charge in [0.2, 0.25) is 0 Å². The summed E-state index contributed by atoms with van der Waals surface area (Å²) >= 11 is 0. The van der Waals surface area contributed by atoms with Crippen LogP contribution in [-0.4, -0.2) is 43.0 Å². The monoisotopic (exact) mass is 212 g/mol. The Labute approximate surface area is 83.1 Å². The summed E-state index contributed by atoms with van der Waals surface area (Å²) in [5.74, 6) is -2.41. The number of hydrogen-bond acceptors (Lipinski definition) is 2. The molecule has 0 aromatic rings. The second kappa shape index (κ2) is 4.07. The molecule has 2 saturated heterocycles. The van der Waals surface area contributed by atoms with Crippen molar-refractivity contribution in [3.8, 4) is 0 Å². The molecule has 0 spiro atoms. The Morgan fingerprint density at radius 1 is 1.31 bits per heavy atom. The molecule has 0 radical (unpaired) electrons. The molecule has 0 saturated carbocycles. The summed E-state index contributed by atoms with van der Waals surface area (Å²) in [7, 11) is 0. The Balaban J connectivity index is 0.000000845. The normalized spacial score (nSPS) is 33.2. The molecule has 0 bridgehead atoms. The van der Waals surface area contributed by atoms with E-state index in [0.717, 1.165) is 25.9 Å². The molecule has 2 aliphatic heterocycles. The van der Waals surface area contributed by atoms with Gasteiger partial charge in [0.1, 0.15) is 0 Å². The third kappa shape index (κ3) is 2.51. The minimum absolute atomic E-state index is 0.